The highest BCUT2D eigenvalue weighted by Crippen LogP contribution is 2.12. The quantitative estimate of drug-likeness (QED) is 0.734. The summed E-state index contributed by atoms with van der Waals surface area (Å²) in [6.07, 6.45) is 2.53. The van der Waals surface area contributed by atoms with E-state index in [1.54, 1.807) is 19.2 Å². The van der Waals surface area contributed by atoms with Gasteiger partial charge in [-0.15, -0.1) is 6.58 Å². The summed E-state index contributed by atoms with van der Waals surface area (Å²) in [5.74, 6) is -0.293. The van der Waals surface area contributed by atoms with Gasteiger partial charge in [-0.25, -0.2) is 8.42 Å². The molecule has 5 nitrogen and oxygen atoms in total. The van der Waals surface area contributed by atoms with Crippen molar-refractivity contribution in [2.24, 2.45) is 0 Å². The number of amides is 1. The Morgan fingerprint density at radius 2 is 1.89 bits per heavy atom. The Balaban J connectivity index is 2.81. The number of anilines is 1. The van der Waals surface area contributed by atoms with E-state index in [9.17, 15) is 13.2 Å². The van der Waals surface area contributed by atoms with E-state index < -0.39 is 10.0 Å². The van der Waals surface area contributed by atoms with E-state index in [2.05, 4.69) is 6.58 Å². The molecule has 0 heterocycles. The Bertz CT molecular complexity index is 540. The molecule has 0 saturated heterocycles. The van der Waals surface area contributed by atoms with Crippen LogP contribution in [0.5, 0.6) is 0 Å². The molecule has 0 fully saturated rings. The van der Waals surface area contributed by atoms with Crippen LogP contribution in [0.15, 0.2) is 43.0 Å². The maximum absolute atomic E-state index is 12.1. The van der Waals surface area contributed by atoms with Gasteiger partial charge in [-0.3, -0.25) is 4.79 Å². The lowest BCUT2D eigenvalue weighted by atomic mass is 10.3. The summed E-state index contributed by atoms with van der Waals surface area (Å²) >= 11 is 0. The van der Waals surface area contributed by atoms with Crippen LogP contribution in [0.3, 0.4) is 0 Å². The smallest absolute Gasteiger partial charge is 0.242 e. The van der Waals surface area contributed by atoms with Crippen LogP contribution in [0.25, 0.3) is 0 Å². The molecule has 1 aromatic rings. The van der Waals surface area contributed by atoms with Crippen molar-refractivity contribution in [1.29, 1.82) is 0 Å². The molecule has 0 aliphatic heterocycles. The van der Waals surface area contributed by atoms with Gasteiger partial charge in [0.2, 0.25) is 15.9 Å². The monoisotopic (exact) mass is 282 g/mol. The first kappa shape index (κ1) is 15.4. The Kier molecular flexibility index (Phi) is 5.26. The van der Waals surface area contributed by atoms with Crippen molar-refractivity contribution in [3.05, 3.63) is 43.0 Å². The number of hydrogen-bond acceptors (Lipinski definition) is 3. The second-order valence-corrected chi connectivity index (χ2v) is 6.11. The van der Waals surface area contributed by atoms with E-state index in [1.807, 2.05) is 18.2 Å². The first-order chi connectivity index (χ1) is 8.86. The maximum atomic E-state index is 12.1. The highest BCUT2D eigenvalue weighted by Gasteiger charge is 2.21. The van der Waals surface area contributed by atoms with Crippen molar-refractivity contribution in [2.45, 2.75) is 0 Å². The third-order valence-corrected chi connectivity index (χ3v) is 3.85. The van der Waals surface area contributed by atoms with Crippen LogP contribution in [0.2, 0.25) is 0 Å². The van der Waals surface area contributed by atoms with Crippen molar-refractivity contribution in [2.75, 3.05) is 31.3 Å². The molecule has 1 aromatic carbocycles. The number of sulfonamides is 1. The first-order valence-corrected chi connectivity index (χ1v) is 7.58. The number of carbonyl (C=O) groups excluding carboxylic acids is 1. The zero-order chi connectivity index (χ0) is 14.5. The fourth-order valence-electron chi connectivity index (χ4n) is 1.51. The van der Waals surface area contributed by atoms with Crippen LogP contribution in [0.4, 0.5) is 5.69 Å². The fourth-order valence-corrected chi connectivity index (χ4v) is 2.23. The van der Waals surface area contributed by atoms with E-state index in [0.717, 1.165) is 16.2 Å². The van der Waals surface area contributed by atoms with Gasteiger partial charge in [-0.1, -0.05) is 24.3 Å². The molecule has 19 heavy (non-hydrogen) atoms. The average Bonchev–Trinajstić information content (AvgIpc) is 2.37. The van der Waals surface area contributed by atoms with Crippen LogP contribution in [-0.4, -0.2) is 45.0 Å². The van der Waals surface area contributed by atoms with E-state index in [1.165, 1.54) is 11.0 Å². The molecule has 0 aromatic heterocycles. The molecule has 0 aliphatic rings. The van der Waals surface area contributed by atoms with Gasteiger partial charge in [0.15, 0.2) is 0 Å². The van der Waals surface area contributed by atoms with Crippen LogP contribution < -0.4 is 4.90 Å². The van der Waals surface area contributed by atoms with Crippen LogP contribution in [-0.2, 0) is 14.8 Å². The Morgan fingerprint density at radius 3 is 2.37 bits per heavy atom. The van der Waals surface area contributed by atoms with Crippen molar-refractivity contribution < 1.29 is 13.2 Å². The van der Waals surface area contributed by atoms with Gasteiger partial charge in [0, 0.05) is 19.3 Å². The lowest BCUT2D eigenvalue weighted by Gasteiger charge is -2.22. The minimum Gasteiger partial charge on any atom is -0.314 e. The van der Waals surface area contributed by atoms with Gasteiger partial charge in [0.05, 0.1) is 12.8 Å². The van der Waals surface area contributed by atoms with Gasteiger partial charge in [-0.05, 0) is 12.1 Å². The minimum atomic E-state index is -3.42. The minimum absolute atomic E-state index is 0.118. The van der Waals surface area contributed by atoms with E-state index in [-0.39, 0.29) is 19.0 Å². The molecule has 0 N–H and O–H groups in total. The molecule has 0 atom stereocenters. The summed E-state index contributed by atoms with van der Waals surface area (Å²) in [6, 6.07) is 9.06. The Labute approximate surface area is 114 Å². The van der Waals surface area contributed by atoms with Crippen LogP contribution in [0.1, 0.15) is 0 Å². The van der Waals surface area contributed by atoms with Gasteiger partial charge >= 0.3 is 0 Å². The van der Waals surface area contributed by atoms with Gasteiger partial charge < -0.3 is 4.90 Å². The molecule has 0 radical (unpaired) electrons. The SMILES string of the molecule is C=CCN(CC(=O)N(C)c1ccccc1)S(C)(=O)=O. The van der Waals surface area contributed by atoms with Crippen LogP contribution >= 0.6 is 0 Å². The van der Waals surface area contributed by atoms with Gasteiger partial charge in [-0.2, -0.15) is 4.31 Å². The van der Waals surface area contributed by atoms with E-state index in [4.69, 9.17) is 0 Å². The fraction of sp³-hybridized carbons (Fsp3) is 0.308. The number of para-hydroxylation sites is 1. The summed E-state index contributed by atoms with van der Waals surface area (Å²) in [4.78, 5) is 13.5. The second-order valence-electron chi connectivity index (χ2n) is 4.13. The standard InChI is InChI=1S/C13H18N2O3S/c1-4-10-15(19(3,17)18)11-13(16)14(2)12-8-6-5-7-9-12/h4-9H,1,10-11H2,2-3H3. The lowest BCUT2D eigenvalue weighted by Crippen LogP contribution is -2.41. The van der Waals surface area contributed by atoms with Gasteiger partial charge in [0.25, 0.3) is 0 Å². The zero-order valence-electron chi connectivity index (χ0n) is 11.1. The summed E-state index contributed by atoms with van der Waals surface area (Å²) in [5, 5.41) is 0. The first-order valence-electron chi connectivity index (χ1n) is 5.74. The number of likely N-dealkylation sites (N-methyl/N-ethyl adjacent to an activating group) is 1. The normalized spacial score (nSPS) is 11.3. The van der Waals surface area contributed by atoms with Gasteiger partial charge in [0.1, 0.15) is 0 Å². The molecule has 0 bridgehead atoms. The summed E-state index contributed by atoms with van der Waals surface area (Å²) in [6.45, 7) is 3.41. The molecular weight excluding hydrogens is 264 g/mol. The molecule has 0 spiro atoms. The third-order valence-electron chi connectivity index (χ3n) is 2.63. The van der Waals surface area contributed by atoms with Crippen molar-refractivity contribution in [3.63, 3.8) is 0 Å². The summed E-state index contributed by atoms with van der Waals surface area (Å²) in [7, 11) is -1.81. The third kappa shape index (κ3) is 4.50. The van der Waals surface area contributed by atoms with Crippen molar-refractivity contribution in [1.82, 2.24) is 4.31 Å². The lowest BCUT2D eigenvalue weighted by molar-refractivity contribution is -0.118. The number of rotatable bonds is 6. The summed E-state index contributed by atoms with van der Waals surface area (Å²) < 4.78 is 24.1. The Hall–Kier alpha value is -1.66. The van der Waals surface area contributed by atoms with E-state index >= 15 is 0 Å². The van der Waals surface area contributed by atoms with Crippen molar-refractivity contribution in [3.8, 4) is 0 Å². The van der Waals surface area contributed by atoms with E-state index in [0.29, 0.717) is 0 Å². The maximum Gasteiger partial charge on any atom is 0.242 e. The molecule has 0 aliphatic carbocycles. The number of nitrogens with zero attached hydrogens (tertiary/aromatic N) is 2. The van der Waals surface area contributed by atoms with Crippen LogP contribution in [0, 0.1) is 0 Å². The highest BCUT2D eigenvalue weighted by atomic mass is 32.2. The molecule has 1 amide bonds. The number of hydrogen-bond donors (Lipinski definition) is 0. The number of carbonyl (C=O) groups is 1. The largest absolute Gasteiger partial charge is 0.314 e. The number of benzene rings is 1. The van der Waals surface area contributed by atoms with Crippen molar-refractivity contribution >= 4 is 21.6 Å². The highest BCUT2D eigenvalue weighted by molar-refractivity contribution is 7.88. The molecule has 1 rings (SSSR count). The predicted octanol–water partition coefficient (Wildman–Crippen LogP) is 1.10. The topological polar surface area (TPSA) is 57.7 Å². The molecule has 0 unspecified atom stereocenters. The molecule has 6 heteroatoms. The molecular formula is C13H18N2O3S. The summed E-state index contributed by atoms with van der Waals surface area (Å²) in [5.41, 5.74) is 0.722. The average molecular weight is 282 g/mol. The Morgan fingerprint density at radius 1 is 1.32 bits per heavy atom. The second kappa shape index (κ2) is 6.49. The predicted molar refractivity (Wildman–Crippen MR) is 76.5 cm³/mol. The zero-order valence-corrected chi connectivity index (χ0v) is 11.9. The molecule has 0 saturated carbocycles. The molecule has 104 valence electrons.